The van der Waals surface area contributed by atoms with Crippen LogP contribution < -0.4 is 0 Å². The average Bonchev–Trinajstić information content (AvgIpc) is 2.71. The lowest BCUT2D eigenvalue weighted by Crippen LogP contribution is -2.60. The number of hydrogen-bond acceptors (Lipinski definition) is 5. The highest BCUT2D eigenvalue weighted by atomic mass is 28.4. The fourth-order valence-corrected chi connectivity index (χ4v) is 6.71. The zero-order valence-corrected chi connectivity index (χ0v) is 22.3. The summed E-state index contributed by atoms with van der Waals surface area (Å²) in [6.07, 6.45) is 4.06. The van der Waals surface area contributed by atoms with Crippen molar-refractivity contribution in [3.63, 3.8) is 0 Å². The topological polar surface area (TPSA) is 76.1 Å². The van der Waals surface area contributed by atoms with E-state index in [9.17, 15) is 14.7 Å². The minimum absolute atomic E-state index is 0.0743. The summed E-state index contributed by atoms with van der Waals surface area (Å²) in [6, 6.07) is 0. The van der Waals surface area contributed by atoms with Crippen LogP contribution in [0.15, 0.2) is 12.7 Å². The first-order valence-electron chi connectivity index (χ1n) is 12.2. The molecule has 1 N–H and O–H groups in total. The highest BCUT2D eigenvalue weighted by molar-refractivity contribution is 6.69. The highest BCUT2D eigenvalue weighted by Gasteiger charge is 2.57. The number of aliphatic hydroxyl groups excluding tert-OH is 1. The molecule has 0 unspecified atom stereocenters. The Morgan fingerprint density at radius 3 is 2.47 bits per heavy atom. The van der Waals surface area contributed by atoms with Crippen LogP contribution in [0.2, 0.25) is 19.6 Å². The molecule has 7 heteroatoms. The lowest BCUT2D eigenvalue weighted by Gasteiger charge is -2.53. The Bertz CT molecular complexity index is 683. The lowest BCUT2D eigenvalue weighted by atomic mass is 9.55. The minimum atomic E-state index is -1.86. The largest absolute Gasteiger partial charge is 0.444 e. The molecule has 2 fully saturated rings. The van der Waals surface area contributed by atoms with Crippen molar-refractivity contribution in [1.82, 2.24) is 4.90 Å². The van der Waals surface area contributed by atoms with Crippen molar-refractivity contribution in [2.75, 3.05) is 13.1 Å². The number of carbonyl (C=O) groups excluding carboxylic acids is 2. The molecule has 2 rings (SSSR count). The summed E-state index contributed by atoms with van der Waals surface area (Å²) in [5, 5.41) is 11.4. The van der Waals surface area contributed by atoms with Gasteiger partial charge in [-0.25, -0.2) is 4.79 Å². The molecule has 1 saturated carbocycles. The zero-order chi connectivity index (χ0) is 24.3. The summed E-state index contributed by atoms with van der Waals surface area (Å²) in [7, 11) is -1.86. The standard InChI is InChI=1S/C25H45NO5Si/c1-9-12-19-22(31-32(6,7)8)18(2)17-21(28)25(19)14-11-16-26(15-10-13-20(25)27)23(29)30-24(3,4)5/h9,18-19,21-22,28H,1,10-17H2,2-8H3/t18-,19+,21-,22-,25-/m0/s1. The monoisotopic (exact) mass is 467 g/mol. The van der Waals surface area contributed by atoms with Gasteiger partial charge in [-0.1, -0.05) is 13.0 Å². The number of hydrogen-bond donors (Lipinski definition) is 1. The average molecular weight is 468 g/mol. The van der Waals surface area contributed by atoms with Crippen LogP contribution in [0.4, 0.5) is 4.79 Å². The van der Waals surface area contributed by atoms with Crippen LogP contribution in [0.3, 0.4) is 0 Å². The van der Waals surface area contributed by atoms with Gasteiger partial charge in [-0.2, -0.15) is 0 Å². The van der Waals surface area contributed by atoms with Crippen LogP contribution in [-0.2, 0) is 14.0 Å². The van der Waals surface area contributed by atoms with Crippen LogP contribution in [0.1, 0.15) is 66.2 Å². The first-order valence-corrected chi connectivity index (χ1v) is 15.6. The molecule has 5 atom stereocenters. The van der Waals surface area contributed by atoms with Gasteiger partial charge in [0.25, 0.3) is 0 Å². The van der Waals surface area contributed by atoms with Crippen molar-refractivity contribution in [1.29, 1.82) is 0 Å². The molecule has 0 radical (unpaired) electrons. The summed E-state index contributed by atoms with van der Waals surface area (Å²) in [5.41, 5.74) is -1.41. The maximum Gasteiger partial charge on any atom is 0.410 e. The van der Waals surface area contributed by atoms with Gasteiger partial charge in [0.15, 0.2) is 8.32 Å². The van der Waals surface area contributed by atoms with E-state index in [2.05, 4.69) is 33.1 Å². The molecular formula is C25H45NO5Si. The van der Waals surface area contributed by atoms with E-state index in [4.69, 9.17) is 9.16 Å². The maximum absolute atomic E-state index is 13.7. The smallest absolute Gasteiger partial charge is 0.410 e. The molecule has 1 heterocycles. The number of nitrogens with zero attached hydrogens (tertiary/aromatic N) is 1. The molecule has 1 aliphatic carbocycles. The molecule has 0 bridgehead atoms. The third-order valence-corrected chi connectivity index (χ3v) is 7.72. The van der Waals surface area contributed by atoms with Gasteiger partial charge in [0.2, 0.25) is 0 Å². The summed E-state index contributed by atoms with van der Waals surface area (Å²) < 4.78 is 12.2. The molecule has 0 aromatic carbocycles. The predicted molar refractivity (Wildman–Crippen MR) is 130 cm³/mol. The summed E-state index contributed by atoms with van der Waals surface area (Å²) in [6.45, 7) is 19.2. The van der Waals surface area contributed by atoms with E-state index in [-0.39, 0.29) is 29.8 Å². The quantitative estimate of drug-likeness (QED) is 0.456. The van der Waals surface area contributed by atoms with Gasteiger partial charge < -0.3 is 19.2 Å². The summed E-state index contributed by atoms with van der Waals surface area (Å²) in [5.74, 6) is 0.177. The van der Waals surface area contributed by atoms with Gasteiger partial charge >= 0.3 is 6.09 Å². The molecule has 32 heavy (non-hydrogen) atoms. The number of ketones is 1. The Labute approximate surface area is 195 Å². The van der Waals surface area contributed by atoms with Crippen molar-refractivity contribution in [2.45, 2.75) is 104 Å². The van der Waals surface area contributed by atoms with Crippen LogP contribution in [0, 0.1) is 17.3 Å². The second kappa shape index (κ2) is 10.4. The maximum atomic E-state index is 13.7. The van der Waals surface area contributed by atoms with Crippen LogP contribution in [-0.4, -0.2) is 61.1 Å². The van der Waals surface area contributed by atoms with Crippen molar-refractivity contribution in [2.24, 2.45) is 17.3 Å². The number of aliphatic hydroxyl groups is 1. The molecule has 1 aliphatic heterocycles. The van der Waals surface area contributed by atoms with E-state index in [0.29, 0.717) is 51.6 Å². The number of carbonyl (C=O) groups is 2. The second-order valence-corrected chi connectivity index (χ2v) is 16.2. The normalized spacial score (nSPS) is 32.8. The third kappa shape index (κ3) is 6.45. The van der Waals surface area contributed by atoms with Crippen molar-refractivity contribution >= 4 is 20.2 Å². The fourth-order valence-electron chi connectivity index (χ4n) is 5.49. The van der Waals surface area contributed by atoms with E-state index in [1.54, 1.807) is 4.90 Å². The van der Waals surface area contributed by atoms with Gasteiger partial charge in [0.05, 0.1) is 17.6 Å². The van der Waals surface area contributed by atoms with Gasteiger partial charge in [-0.15, -0.1) is 6.58 Å². The Kier molecular flexibility index (Phi) is 8.79. The SMILES string of the molecule is C=CC[C@@H]1[C@@H](O[Si](C)(C)C)[C@@H](C)C[C@H](O)[C@@]12CCCN(C(=O)OC(C)(C)C)CCCC2=O. The first-order chi connectivity index (χ1) is 14.7. The van der Waals surface area contributed by atoms with Crippen LogP contribution in [0.5, 0.6) is 0 Å². The van der Waals surface area contributed by atoms with Crippen molar-refractivity contribution in [3.8, 4) is 0 Å². The number of allylic oxidation sites excluding steroid dienone is 1. The molecule has 0 aromatic rings. The Morgan fingerprint density at radius 2 is 1.91 bits per heavy atom. The van der Waals surface area contributed by atoms with Gasteiger partial charge in [-0.05, 0) is 78.4 Å². The number of rotatable bonds is 4. The molecular weight excluding hydrogens is 422 g/mol. The number of Topliss-reactive ketones (excluding diaryl/α,β-unsaturated/α-hetero) is 1. The molecule has 6 nitrogen and oxygen atoms in total. The lowest BCUT2D eigenvalue weighted by molar-refractivity contribution is -0.163. The Hall–Kier alpha value is -1.18. The molecule has 184 valence electrons. The number of amides is 1. The Morgan fingerprint density at radius 1 is 1.28 bits per heavy atom. The molecule has 2 aliphatic rings. The van der Waals surface area contributed by atoms with Gasteiger partial charge in [0, 0.05) is 25.4 Å². The molecule has 1 amide bonds. The second-order valence-electron chi connectivity index (χ2n) is 11.7. The van der Waals surface area contributed by atoms with E-state index in [1.165, 1.54) is 0 Å². The predicted octanol–water partition coefficient (Wildman–Crippen LogP) is 5.17. The Balaban J connectivity index is 2.35. The van der Waals surface area contributed by atoms with Gasteiger partial charge in [-0.3, -0.25) is 4.79 Å². The van der Waals surface area contributed by atoms with Crippen LogP contribution in [0.25, 0.3) is 0 Å². The van der Waals surface area contributed by atoms with E-state index < -0.39 is 25.4 Å². The summed E-state index contributed by atoms with van der Waals surface area (Å²) >= 11 is 0. The molecule has 1 spiro atoms. The molecule has 1 saturated heterocycles. The van der Waals surface area contributed by atoms with E-state index in [0.717, 1.165) is 0 Å². The number of ether oxygens (including phenoxy) is 1. The molecule has 0 aromatic heterocycles. The third-order valence-electron chi connectivity index (χ3n) is 6.74. The van der Waals surface area contributed by atoms with E-state index in [1.807, 2.05) is 26.8 Å². The first kappa shape index (κ1) is 27.1. The van der Waals surface area contributed by atoms with E-state index >= 15 is 0 Å². The minimum Gasteiger partial charge on any atom is -0.444 e. The highest BCUT2D eigenvalue weighted by Crippen LogP contribution is 2.52. The van der Waals surface area contributed by atoms with Crippen LogP contribution >= 0.6 is 0 Å². The zero-order valence-electron chi connectivity index (χ0n) is 21.3. The van der Waals surface area contributed by atoms with Crippen molar-refractivity contribution in [3.05, 3.63) is 12.7 Å². The van der Waals surface area contributed by atoms with Gasteiger partial charge in [0.1, 0.15) is 11.4 Å². The summed E-state index contributed by atoms with van der Waals surface area (Å²) in [4.78, 5) is 28.1. The fraction of sp³-hybridized carbons (Fsp3) is 0.840. The van der Waals surface area contributed by atoms with Crippen molar-refractivity contribution < 1.29 is 23.9 Å².